The second kappa shape index (κ2) is 10.8. The number of sulfone groups is 1. The van der Waals surface area contributed by atoms with Crippen LogP contribution in [0, 0.1) is 11.6 Å². The Morgan fingerprint density at radius 1 is 1.19 bits per heavy atom. The Kier molecular flexibility index (Phi) is 7.45. The zero-order valence-corrected chi connectivity index (χ0v) is 23.8. The summed E-state index contributed by atoms with van der Waals surface area (Å²) in [4.78, 5) is 41.5. The molecule has 1 atom stereocenters. The first kappa shape index (κ1) is 29.1. The van der Waals surface area contributed by atoms with Gasteiger partial charge in [0.1, 0.15) is 28.8 Å². The van der Waals surface area contributed by atoms with Crippen molar-refractivity contribution in [3.8, 4) is 22.7 Å². The first-order chi connectivity index (χ1) is 19.8. The molecule has 0 unspecified atom stereocenters. The molecule has 1 aliphatic rings. The lowest BCUT2D eigenvalue weighted by molar-refractivity contribution is -0.126. The average Bonchev–Trinajstić information content (AvgIpc) is 2.92. The number of rotatable bonds is 5. The summed E-state index contributed by atoms with van der Waals surface area (Å²) in [6, 6.07) is 5.18. The minimum atomic E-state index is -4.07. The molecule has 11 nitrogen and oxygen atoms in total. The fraction of sp³-hybridized carbons (Fsp3) is 0.222. The van der Waals surface area contributed by atoms with Gasteiger partial charge in [0.25, 0.3) is 0 Å². The number of carbonyl (C=O) groups is 1. The minimum absolute atomic E-state index is 0.000996. The van der Waals surface area contributed by atoms with Crippen molar-refractivity contribution in [2.24, 2.45) is 0 Å². The van der Waals surface area contributed by atoms with E-state index in [2.05, 4.69) is 21.5 Å². The Bertz CT molecular complexity index is 1930. The van der Waals surface area contributed by atoms with Gasteiger partial charge in [-0.3, -0.25) is 4.79 Å². The number of anilines is 1. The van der Waals surface area contributed by atoms with Crippen LogP contribution in [0.25, 0.3) is 28.0 Å². The maximum absolute atomic E-state index is 15.7. The number of hydrogen-bond donors (Lipinski definition) is 1. The van der Waals surface area contributed by atoms with Crippen LogP contribution in [0.1, 0.15) is 6.92 Å². The van der Waals surface area contributed by atoms with Crippen LogP contribution in [0.2, 0.25) is 5.02 Å². The van der Waals surface area contributed by atoms with E-state index < -0.39 is 55.2 Å². The molecule has 1 saturated heterocycles. The Morgan fingerprint density at radius 3 is 2.57 bits per heavy atom. The normalized spacial score (nSPS) is 15.7. The predicted octanol–water partition coefficient (Wildman–Crippen LogP) is 3.11. The molecule has 3 aromatic heterocycles. The van der Waals surface area contributed by atoms with Crippen molar-refractivity contribution >= 4 is 44.2 Å². The van der Waals surface area contributed by atoms with E-state index >= 15 is 4.39 Å². The quantitative estimate of drug-likeness (QED) is 0.335. The van der Waals surface area contributed by atoms with E-state index in [1.165, 1.54) is 18.2 Å². The van der Waals surface area contributed by atoms with E-state index in [0.29, 0.717) is 0 Å². The topological polar surface area (TPSA) is 139 Å². The van der Waals surface area contributed by atoms with Crippen molar-refractivity contribution in [1.29, 1.82) is 0 Å². The Balaban J connectivity index is 1.86. The Labute approximate surface area is 243 Å². The summed E-state index contributed by atoms with van der Waals surface area (Å²) >= 11 is 6.40. The van der Waals surface area contributed by atoms with Crippen LogP contribution in [0.15, 0.2) is 59.0 Å². The largest absolute Gasteiger partial charge is 0.507 e. The van der Waals surface area contributed by atoms with Gasteiger partial charge in [-0.15, -0.1) is 0 Å². The molecule has 0 spiro atoms. The number of carbonyl (C=O) groups excluding carboxylic acids is 1. The number of aromatic nitrogens is 4. The number of halogens is 3. The van der Waals surface area contributed by atoms with Gasteiger partial charge >= 0.3 is 5.69 Å². The molecule has 0 saturated carbocycles. The first-order valence-electron chi connectivity index (χ1n) is 12.5. The number of hydrogen-bond acceptors (Lipinski definition) is 9. The van der Waals surface area contributed by atoms with E-state index in [9.17, 15) is 27.5 Å². The maximum atomic E-state index is 15.7. The van der Waals surface area contributed by atoms with Gasteiger partial charge in [0.2, 0.25) is 5.91 Å². The lowest BCUT2D eigenvalue weighted by atomic mass is 10.1. The monoisotopic (exact) mass is 616 g/mol. The van der Waals surface area contributed by atoms with E-state index in [0.717, 1.165) is 35.2 Å². The van der Waals surface area contributed by atoms with Gasteiger partial charge in [-0.25, -0.2) is 36.5 Å². The summed E-state index contributed by atoms with van der Waals surface area (Å²) in [7, 11) is -4.07. The molecule has 1 aromatic carbocycles. The van der Waals surface area contributed by atoms with Crippen LogP contribution in [0.5, 0.6) is 5.75 Å². The van der Waals surface area contributed by atoms with E-state index in [-0.39, 0.29) is 53.1 Å². The van der Waals surface area contributed by atoms with Gasteiger partial charge in [0, 0.05) is 38.1 Å². The van der Waals surface area contributed by atoms with Crippen molar-refractivity contribution in [2.45, 2.75) is 18.0 Å². The summed E-state index contributed by atoms with van der Waals surface area (Å²) in [5.74, 6) is -2.93. The van der Waals surface area contributed by atoms with Crippen molar-refractivity contribution in [1.82, 2.24) is 24.4 Å². The lowest BCUT2D eigenvalue weighted by Crippen LogP contribution is -2.54. The third kappa shape index (κ3) is 4.96. The van der Waals surface area contributed by atoms with Crippen LogP contribution in [-0.4, -0.2) is 75.8 Å². The zero-order valence-electron chi connectivity index (χ0n) is 22.3. The Hall–Kier alpha value is -4.43. The maximum Gasteiger partial charge on any atom is 0.355 e. The first-order valence-corrected chi connectivity index (χ1v) is 14.7. The van der Waals surface area contributed by atoms with Crippen molar-refractivity contribution in [3.63, 3.8) is 0 Å². The molecule has 0 aliphatic carbocycles. The second-order valence-electron chi connectivity index (χ2n) is 9.63. The predicted molar refractivity (Wildman–Crippen MR) is 152 cm³/mol. The lowest BCUT2D eigenvalue weighted by Gasteiger charge is -2.40. The number of piperazine rings is 1. The SMILES string of the molecule is C=CC(=O)N1CCN(c2nc(=O)n(-c3c(Cl)ccnc3S(C)(=O)=O)c3nc(-c4c(O)cccc4F)c(F)cc23)[C@@H](C)C1. The zero-order chi connectivity index (χ0) is 30.5. The minimum Gasteiger partial charge on any atom is -0.507 e. The number of fused-ring (bicyclic) bond motifs is 1. The van der Waals surface area contributed by atoms with Gasteiger partial charge in [0.15, 0.2) is 26.3 Å². The van der Waals surface area contributed by atoms with Crippen LogP contribution in [0.3, 0.4) is 0 Å². The van der Waals surface area contributed by atoms with Crippen molar-refractivity contribution < 1.29 is 27.1 Å². The molecule has 1 aliphatic heterocycles. The molecular formula is C27H23ClF2N6O5S. The molecular weight excluding hydrogens is 594 g/mol. The molecule has 4 aromatic rings. The second-order valence-corrected chi connectivity index (χ2v) is 12.0. The van der Waals surface area contributed by atoms with Gasteiger partial charge in [-0.1, -0.05) is 24.2 Å². The fourth-order valence-corrected chi connectivity index (χ4v) is 6.03. The number of nitrogens with zero attached hydrogens (tertiary/aromatic N) is 6. The van der Waals surface area contributed by atoms with E-state index in [1.54, 1.807) is 16.7 Å². The standard InChI is InChI=1S/C27H23ClF2N6O5S/c1-4-20(38)34-10-11-35(14(2)13-34)24-15-12-18(30)22(21-17(29)6-5-7-19(21)37)32-25(15)36(27(39)33-24)23-16(28)8-9-31-26(23)42(3,40)41/h4-9,12,14,37H,1,10-11,13H2,2-3H3/t14-/m0/s1. The van der Waals surface area contributed by atoms with Gasteiger partial charge in [-0.05, 0) is 37.3 Å². The Morgan fingerprint density at radius 2 is 1.93 bits per heavy atom. The van der Waals surface area contributed by atoms with E-state index in [4.69, 9.17) is 11.6 Å². The molecule has 5 rings (SSSR count). The molecule has 0 radical (unpaired) electrons. The van der Waals surface area contributed by atoms with Gasteiger partial charge in [-0.2, -0.15) is 4.98 Å². The van der Waals surface area contributed by atoms with E-state index in [1.807, 2.05) is 0 Å². The number of pyridine rings is 2. The number of phenolic OH excluding ortho intramolecular Hbond substituents is 1. The van der Waals surface area contributed by atoms with Crippen LogP contribution in [-0.2, 0) is 14.6 Å². The highest BCUT2D eigenvalue weighted by Crippen LogP contribution is 2.37. The average molecular weight is 617 g/mol. The molecule has 0 bridgehead atoms. The van der Waals surface area contributed by atoms with Crippen molar-refractivity contribution in [3.05, 3.63) is 76.3 Å². The summed E-state index contributed by atoms with van der Waals surface area (Å²) in [5.41, 5.74) is -2.94. The number of phenols is 1. The number of benzene rings is 1. The van der Waals surface area contributed by atoms with Crippen LogP contribution in [0.4, 0.5) is 14.6 Å². The molecule has 42 heavy (non-hydrogen) atoms. The van der Waals surface area contributed by atoms with Gasteiger partial charge < -0.3 is 14.9 Å². The highest BCUT2D eigenvalue weighted by atomic mass is 35.5. The molecule has 1 fully saturated rings. The molecule has 1 amide bonds. The highest BCUT2D eigenvalue weighted by Gasteiger charge is 2.31. The van der Waals surface area contributed by atoms with Crippen molar-refractivity contribution in [2.75, 3.05) is 30.8 Å². The highest BCUT2D eigenvalue weighted by molar-refractivity contribution is 7.90. The molecule has 4 heterocycles. The summed E-state index contributed by atoms with van der Waals surface area (Å²) in [6.45, 7) is 5.95. The smallest absolute Gasteiger partial charge is 0.355 e. The summed E-state index contributed by atoms with van der Waals surface area (Å²) < 4.78 is 56.7. The fourth-order valence-electron chi connectivity index (χ4n) is 4.94. The third-order valence-corrected chi connectivity index (χ3v) is 8.14. The van der Waals surface area contributed by atoms with Crippen LogP contribution < -0.4 is 10.6 Å². The molecule has 1 N–H and O–H groups in total. The number of amides is 1. The van der Waals surface area contributed by atoms with Gasteiger partial charge in [0.05, 0.1) is 16.0 Å². The number of aromatic hydroxyl groups is 1. The third-order valence-electron chi connectivity index (χ3n) is 6.83. The summed E-state index contributed by atoms with van der Waals surface area (Å²) in [5, 5.41) is 9.57. The van der Waals surface area contributed by atoms with Crippen LogP contribution >= 0.6 is 11.6 Å². The summed E-state index contributed by atoms with van der Waals surface area (Å²) in [6.07, 6.45) is 3.19. The molecule has 15 heteroatoms. The molecule has 218 valence electrons.